The second kappa shape index (κ2) is 10.9. The molecule has 0 unspecified atom stereocenters. The number of pyridine rings is 2. The van der Waals surface area contributed by atoms with Gasteiger partial charge in [-0.1, -0.05) is 12.1 Å². The van der Waals surface area contributed by atoms with E-state index in [0.717, 1.165) is 45.1 Å². The summed E-state index contributed by atoms with van der Waals surface area (Å²) in [6.07, 6.45) is 3.39. The van der Waals surface area contributed by atoms with Crippen LogP contribution in [0.1, 0.15) is 11.1 Å². The van der Waals surface area contributed by atoms with Gasteiger partial charge >= 0.3 is 0 Å². The van der Waals surface area contributed by atoms with Gasteiger partial charge in [0.1, 0.15) is 36.1 Å². The maximum absolute atomic E-state index is 5.74. The average molecular weight is 521 g/mol. The Morgan fingerprint density at radius 1 is 0.590 bits per heavy atom. The molecule has 0 saturated carbocycles. The lowest BCUT2D eigenvalue weighted by Gasteiger charge is -2.09. The van der Waals surface area contributed by atoms with Gasteiger partial charge in [-0.25, -0.2) is 19.9 Å². The minimum Gasteiger partial charge on any atom is -0.490 e. The smallest absolute Gasteiger partial charge is 0.157 e. The summed E-state index contributed by atoms with van der Waals surface area (Å²) < 4.78 is 17.1. The third-order valence-electron chi connectivity index (χ3n) is 6.23. The average Bonchev–Trinajstić information content (AvgIpc) is 3.57. The van der Waals surface area contributed by atoms with Crippen molar-refractivity contribution in [3.05, 3.63) is 84.2 Å². The van der Waals surface area contributed by atoms with Gasteiger partial charge in [-0.2, -0.15) is 0 Å². The summed E-state index contributed by atoms with van der Waals surface area (Å²) in [5, 5.41) is 0. The predicted molar refractivity (Wildman–Crippen MR) is 150 cm³/mol. The SMILES string of the molecule is Cc1ccc2[nH]c(-c3ccc(OCCOCCOc4ccc(-c5nc6cc(C)ccc6[nH]5)nc4)cn3)nc2c1. The number of aromatic amines is 2. The van der Waals surface area contributed by atoms with Gasteiger partial charge in [-0.05, 0) is 73.5 Å². The number of aryl methyl sites for hydroxylation is 2. The Labute approximate surface area is 225 Å². The highest BCUT2D eigenvalue weighted by Gasteiger charge is 2.08. The van der Waals surface area contributed by atoms with Gasteiger partial charge in [0.2, 0.25) is 0 Å². The fourth-order valence-electron chi connectivity index (χ4n) is 4.22. The molecule has 4 heterocycles. The fraction of sp³-hybridized carbons (Fsp3) is 0.200. The maximum Gasteiger partial charge on any atom is 0.157 e. The second-order valence-electron chi connectivity index (χ2n) is 9.28. The lowest BCUT2D eigenvalue weighted by Crippen LogP contribution is -2.12. The van der Waals surface area contributed by atoms with Crippen molar-refractivity contribution >= 4 is 22.1 Å². The van der Waals surface area contributed by atoms with Gasteiger partial charge in [0.25, 0.3) is 0 Å². The summed E-state index contributed by atoms with van der Waals surface area (Å²) in [5.41, 5.74) is 7.71. The van der Waals surface area contributed by atoms with E-state index in [2.05, 4.69) is 68.0 Å². The van der Waals surface area contributed by atoms with Crippen LogP contribution < -0.4 is 9.47 Å². The molecule has 4 aromatic heterocycles. The van der Waals surface area contributed by atoms with Crippen LogP contribution in [-0.2, 0) is 4.74 Å². The molecule has 196 valence electrons. The Hall–Kier alpha value is -4.76. The van der Waals surface area contributed by atoms with Crippen LogP contribution in [0.15, 0.2) is 73.1 Å². The standard InChI is InChI=1S/C30H28N6O3/c1-19-3-7-23-27(15-19)35-29(33-23)25-9-5-21(17-31-25)38-13-11-37-12-14-39-22-6-10-26(32-18-22)30-34-24-8-4-20(2)16-28(24)36-30/h3-10,15-18H,11-14H2,1-2H3,(H,33,35)(H,34,36). The van der Waals surface area contributed by atoms with Crippen molar-refractivity contribution in [3.63, 3.8) is 0 Å². The van der Waals surface area contributed by atoms with E-state index in [-0.39, 0.29) is 0 Å². The van der Waals surface area contributed by atoms with E-state index in [1.165, 1.54) is 11.1 Å². The van der Waals surface area contributed by atoms with Crippen molar-refractivity contribution in [2.75, 3.05) is 26.4 Å². The Morgan fingerprint density at radius 2 is 1.08 bits per heavy atom. The van der Waals surface area contributed by atoms with E-state index in [1.54, 1.807) is 12.4 Å². The predicted octanol–water partition coefficient (Wildman–Crippen LogP) is 5.65. The summed E-state index contributed by atoms with van der Waals surface area (Å²) in [6, 6.07) is 19.8. The Balaban J connectivity index is 0.913. The molecule has 2 N–H and O–H groups in total. The fourth-order valence-corrected chi connectivity index (χ4v) is 4.22. The first-order valence-corrected chi connectivity index (χ1v) is 12.8. The van der Waals surface area contributed by atoms with Crippen molar-refractivity contribution < 1.29 is 14.2 Å². The summed E-state index contributed by atoms with van der Waals surface area (Å²) in [6.45, 7) is 5.82. The summed E-state index contributed by atoms with van der Waals surface area (Å²) in [4.78, 5) is 24.8. The minimum absolute atomic E-state index is 0.415. The number of fused-ring (bicyclic) bond motifs is 2. The number of H-pyrrole nitrogens is 2. The van der Waals surface area contributed by atoms with E-state index in [0.29, 0.717) is 37.9 Å². The zero-order valence-corrected chi connectivity index (χ0v) is 21.8. The molecule has 0 amide bonds. The highest BCUT2D eigenvalue weighted by atomic mass is 16.5. The third-order valence-corrected chi connectivity index (χ3v) is 6.23. The van der Waals surface area contributed by atoms with Crippen LogP contribution in [0.3, 0.4) is 0 Å². The van der Waals surface area contributed by atoms with Crippen molar-refractivity contribution in [1.82, 2.24) is 29.9 Å². The highest BCUT2D eigenvalue weighted by molar-refractivity contribution is 5.80. The number of ether oxygens (including phenoxy) is 3. The maximum atomic E-state index is 5.74. The normalized spacial score (nSPS) is 11.3. The molecular formula is C30H28N6O3. The molecule has 0 aliphatic rings. The van der Waals surface area contributed by atoms with Crippen molar-refractivity contribution in [2.24, 2.45) is 0 Å². The molecule has 6 aromatic rings. The molecule has 0 atom stereocenters. The van der Waals surface area contributed by atoms with E-state index >= 15 is 0 Å². The molecule has 9 nitrogen and oxygen atoms in total. The lowest BCUT2D eigenvalue weighted by molar-refractivity contribution is 0.0762. The zero-order valence-electron chi connectivity index (χ0n) is 21.8. The largest absolute Gasteiger partial charge is 0.490 e. The molecule has 6 rings (SSSR count). The number of rotatable bonds is 10. The van der Waals surface area contributed by atoms with Crippen LogP contribution in [-0.4, -0.2) is 56.3 Å². The molecule has 0 spiro atoms. The molecule has 0 aliphatic carbocycles. The third kappa shape index (κ3) is 5.73. The number of hydrogen-bond acceptors (Lipinski definition) is 7. The van der Waals surface area contributed by atoms with Gasteiger partial charge < -0.3 is 24.2 Å². The van der Waals surface area contributed by atoms with Crippen LogP contribution in [0.2, 0.25) is 0 Å². The number of nitrogens with one attached hydrogen (secondary N) is 2. The molecule has 9 heteroatoms. The van der Waals surface area contributed by atoms with Crippen molar-refractivity contribution in [1.29, 1.82) is 0 Å². The number of hydrogen-bond donors (Lipinski definition) is 2. The molecule has 39 heavy (non-hydrogen) atoms. The van der Waals surface area contributed by atoms with Gasteiger partial charge in [-0.15, -0.1) is 0 Å². The second-order valence-corrected chi connectivity index (χ2v) is 9.28. The van der Waals surface area contributed by atoms with E-state index in [9.17, 15) is 0 Å². The van der Waals surface area contributed by atoms with Gasteiger partial charge in [-0.3, -0.25) is 0 Å². The van der Waals surface area contributed by atoms with Crippen LogP contribution in [0.25, 0.3) is 45.1 Å². The summed E-state index contributed by atoms with van der Waals surface area (Å²) in [5.74, 6) is 2.83. The monoisotopic (exact) mass is 520 g/mol. The van der Waals surface area contributed by atoms with Gasteiger partial charge in [0.15, 0.2) is 11.6 Å². The number of imidazole rings is 2. The van der Waals surface area contributed by atoms with E-state index < -0.39 is 0 Å². The molecule has 0 saturated heterocycles. The highest BCUT2D eigenvalue weighted by Crippen LogP contribution is 2.22. The Morgan fingerprint density at radius 3 is 1.51 bits per heavy atom. The molecule has 0 fully saturated rings. The zero-order chi connectivity index (χ0) is 26.6. The number of aromatic nitrogens is 6. The number of benzene rings is 2. The van der Waals surface area contributed by atoms with Crippen LogP contribution in [0.5, 0.6) is 11.5 Å². The minimum atomic E-state index is 0.415. The topological polar surface area (TPSA) is 111 Å². The van der Waals surface area contributed by atoms with Crippen molar-refractivity contribution in [2.45, 2.75) is 13.8 Å². The Kier molecular flexibility index (Phi) is 6.88. The van der Waals surface area contributed by atoms with Crippen LogP contribution in [0.4, 0.5) is 0 Å². The van der Waals surface area contributed by atoms with E-state index in [1.807, 2.05) is 36.4 Å². The first-order valence-electron chi connectivity index (χ1n) is 12.8. The quantitative estimate of drug-likeness (QED) is 0.224. The molecule has 0 radical (unpaired) electrons. The van der Waals surface area contributed by atoms with E-state index in [4.69, 9.17) is 14.2 Å². The first kappa shape index (κ1) is 24.6. The molecule has 0 aliphatic heterocycles. The molecular weight excluding hydrogens is 492 g/mol. The molecule has 2 aromatic carbocycles. The van der Waals surface area contributed by atoms with Gasteiger partial charge in [0.05, 0.1) is 47.7 Å². The van der Waals surface area contributed by atoms with Crippen molar-refractivity contribution in [3.8, 4) is 34.5 Å². The summed E-state index contributed by atoms with van der Waals surface area (Å²) in [7, 11) is 0. The Bertz CT molecular complexity index is 1580. The summed E-state index contributed by atoms with van der Waals surface area (Å²) >= 11 is 0. The number of nitrogens with zero attached hydrogens (tertiary/aromatic N) is 4. The molecule has 0 bridgehead atoms. The van der Waals surface area contributed by atoms with Crippen LogP contribution >= 0.6 is 0 Å². The van der Waals surface area contributed by atoms with Gasteiger partial charge in [0, 0.05) is 0 Å². The first-order chi connectivity index (χ1) is 19.1. The lowest BCUT2D eigenvalue weighted by atomic mass is 10.2. The van der Waals surface area contributed by atoms with Crippen LogP contribution in [0, 0.1) is 13.8 Å².